The SMILES string of the molecule is CC(C)(C)OC(=O)C1C[C@H]2CNC[C@H]2S1(=O)=O. The third kappa shape index (κ3) is 2.33. The van der Waals surface area contributed by atoms with Crippen molar-refractivity contribution in [2.75, 3.05) is 13.1 Å². The summed E-state index contributed by atoms with van der Waals surface area (Å²) in [6.07, 6.45) is 0.398. The molecule has 0 aliphatic carbocycles. The maximum atomic E-state index is 12.2. The molecular weight excluding hydrogens is 242 g/mol. The van der Waals surface area contributed by atoms with Crippen molar-refractivity contribution in [2.45, 2.75) is 43.3 Å². The minimum absolute atomic E-state index is 0.0671. The molecular formula is C11H19NO4S. The van der Waals surface area contributed by atoms with E-state index in [0.29, 0.717) is 19.5 Å². The summed E-state index contributed by atoms with van der Waals surface area (Å²) < 4.78 is 29.5. The van der Waals surface area contributed by atoms with Crippen molar-refractivity contribution in [3.05, 3.63) is 0 Å². The molecule has 0 amide bonds. The van der Waals surface area contributed by atoms with Gasteiger partial charge in [-0.2, -0.15) is 0 Å². The van der Waals surface area contributed by atoms with Gasteiger partial charge in [-0.05, 0) is 39.7 Å². The van der Waals surface area contributed by atoms with Crippen LogP contribution in [0, 0.1) is 5.92 Å². The minimum atomic E-state index is -3.37. The molecule has 2 rings (SSSR count). The van der Waals surface area contributed by atoms with E-state index in [0.717, 1.165) is 0 Å². The molecule has 2 aliphatic rings. The molecule has 3 atom stereocenters. The summed E-state index contributed by atoms with van der Waals surface area (Å²) in [6.45, 7) is 6.38. The molecule has 17 heavy (non-hydrogen) atoms. The summed E-state index contributed by atoms with van der Waals surface area (Å²) in [5.41, 5.74) is -0.636. The first kappa shape index (κ1) is 12.8. The van der Waals surface area contributed by atoms with Gasteiger partial charge in [0.05, 0.1) is 5.25 Å². The van der Waals surface area contributed by atoms with Crippen molar-refractivity contribution in [3.63, 3.8) is 0 Å². The fourth-order valence-corrected chi connectivity index (χ4v) is 4.89. The van der Waals surface area contributed by atoms with E-state index in [1.807, 2.05) is 0 Å². The van der Waals surface area contributed by atoms with Crippen LogP contribution in [0.3, 0.4) is 0 Å². The summed E-state index contributed by atoms with van der Waals surface area (Å²) in [4.78, 5) is 11.9. The van der Waals surface area contributed by atoms with Gasteiger partial charge in [0.1, 0.15) is 5.60 Å². The molecule has 1 unspecified atom stereocenters. The number of ether oxygens (including phenoxy) is 1. The topological polar surface area (TPSA) is 72.5 Å². The standard InChI is InChI=1S/C11H19NO4S/c1-11(2,3)16-10(13)8-4-7-5-12-6-9(7)17(8,14)15/h7-9,12H,4-6H2,1-3H3/t7-,8?,9+/m0/s1. The summed E-state index contributed by atoms with van der Waals surface area (Å²) in [7, 11) is -3.37. The van der Waals surface area contributed by atoms with Gasteiger partial charge in [-0.1, -0.05) is 0 Å². The molecule has 0 spiro atoms. The highest BCUT2D eigenvalue weighted by atomic mass is 32.2. The highest BCUT2D eigenvalue weighted by Crippen LogP contribution is 2.36. The Morgan fingerprint density at radius 2 is 1.94 bits per heavy atom. The van der Waals surface area contributed by atoms with Crippen molar-refractivity contribution in [1.29, 1.82) is 0 Å². The summed E-state index contributed by atoms with van der Waals surface area (Å²) >= 11 is 0. The summed E-state index contributed by atoms with van der Waals surface area (Å²) in [6, 6.07) is 0. The normalized spacial score (nSPS) is 35.6. The van der Waals surface area contributed by atoms with Crippen LogP contribution in [-0.2, 0) is 19.4 Å². The number of esters is 1. The second-order valence-corrected chi connectivity index (χ2v) is 8.16. The van der Waals surface area contributed by atoms with E-state index >= 15 is 0 Å². The van der Waals surface area contributed by atoms with Crippen molar-refractivity contribution in [2.24, 2.45) is 5.92 Å². The third-order valence-electron chi connectivity index (χ3n) is 3.28. The second kappa shape index (κ2) is 3.95. The Hall–Kier alpha value is -0.620. The van der Waals surface area contributed by atoms with Crippen molar-refractivity contribution in [3.8, 4) is 0 Å². The van der Waals surface area contributed by atoms with E-state index in [4.69, 9.17) is 4.74 Å². The lowest BCUT2D eigenvalue weighted by molar-refractivity contribution is -0.154. The van der Waals surface area contributed by atoms with Gasteiger partial charge in [-0.3, -0.25) is 4.79 Å². The number of rotatable bonds is 1. The number of carbonyl (C=O) groups excluding carboxylic acids is 1. The Bertz CT molecular complexity index is 423. The number of carbonyl (C=O) groups is 1. The van der Waals surface area contributed by atoms with Crippen LogP contribution in [0.1, 0.15) is 27.2 Å². The fourth-order valence-electron chi connectivity index (χ4n) is 2.55. The molecule has 0 aromatic carbocycles. The average Bonchev–Trinajstić information content (AvgIpc) is 2.65. The van der Waals surface area contributed by atoms with Crippen LogP contribution in [0.15, 0.2) is 0 Å². The predicted molar refractivity (Wildman–Crippen MR) is 63.3 cm³/mol. The maximum absolute atomic E-state index is 12.2. The third-order valence-corrected chi connectivity index (χ3v) is 5.86. The Morgan fingerprint density at radius 3 is 2.47 bits per heavy atom. The number of fused-ring (bicyclic) bond motifs is 1. The quantitative estimate of drug-likeness (QED) is 0.678. The molecule has 6 heteroatoms. The largest absolute Gasteiger partial charge is 0.459 e. The molecule has 0 saturated carbocycles. The van der Waals surface area contributed by atoms with Crippen LogP contribution in [0.25, 0.3) is 0 Å². The first-order valence-electron chi connectivity index (χ1n) is 5.88. The van der Waals surface area contributed by atoms with Crippen molar-refractivity contribution < 1.29 is 17.9 Å². The lowest BCUT2D eigenvalue weighted by Gasteiger charge is -2.22. The van der Waals surface area contributed by atoms with Gasteiger partial charge in [0.2, 0.25) is 0 Å². The van der Waals surface area contributed by atoms with Gasteiger partial charge in [-0.15, -0.1) is 0 Å². The van der Waals surface area contributed by atoms with E-state index < -0.39 is 31.9 Å². The molecule has 2 saturated heterocycles. The molecule has 0 bridgehead atoms. The first-order valence-corrected chi connectivity index (χ1v) is 7.49. The van der Waals surface area contributed by atoms with Crippen LogP contribution in [0.5, 0.6) is 0 Å². The van der Waals surface area contributed by atoms with Gasteiger partial charge in [-0.25, -0.2) is 8.42 Å². The molecule has 98 valence electrons. The van der Waals surface area contributed by atoms with Gasteiger partial charge < -0.3 is 10.1 Å². The number of hydrogen-bond acceptors (Lipinski definition) is 5. The van der Waals surface area contributed by atoms with Crippen LogP contribution < -0.4 is 5.32 Å². The Labute approximate surface area is 102 Å². The van der Waals surface area contributed by atoms with Crippen LogP contribution in [0.2, 0.25) is 0 Å². The summed E-state index contributed by atoms with van der Waals surface area (Å²) in [5, 5.41) is 1.69. The van der Waals surface area contributed by atoms with Crippen molar-refractivity contribution in [1.82, 2.24) is 5.32 Å². The molecule has 2 fully saturated rings. The minimum Gasteiger partial charge on any atom is -0.459 e. The Morgan fingerprint density at radius 1 is 1.29 bits per heavy atom. The highest BCUT2D eigenvalue weighted by molar-refractivity contribution is 7.93. The predicted octanol–water partition coefficient (Wildman–Crippen LogP) is 0.103. The van der Waals surface area contributed by atoms with E-state index in [-0.39, 0.29) is 5.92 Å². The molecule has 2 aliphatic heterocycles. The lowest BCUT2D eigenvalue weighted by Crippen LogP contribution is -2.37. The zero-order chi connectivity index (χ0) is 12.8. The van der Waals surface area contributed by atoms with Crippen LogP contribution in [0.4, 0.5) is 0 Å². The van der Waals surface area contributed by atoms with E-state index in [1.54, 1.807) is 20.8 Å². The first-order chi connectivity index (χ1) is 7.72. The average molecular weight is 261 g/mol. The number of sulfone groups is 1. The Balaban J connectivity index is 2.16. The fraction of sp³-hybridized carbons (Fsp3) is 0.909. The monoisotopic (exact) mass is 261 g/mol. The zero-order valence-corrected chi connectivity index (χ0v) is 11.2. The van der Waals surface area contributed by atoms with E-state index in [2.05, 4.69) is 5.32 Å². The van der Waals surface area contributed by atoms with Gasteiger partial charge in [0, 0.05) is 6.54 Å². The second-order valence-electron chi connectivity index (χ2n) is 5.80. The maximum Gasteiger partial charge on any atom is 0.324 e. The number of hydrogen-bond donors (Lipinski definition) is 1. The van der Waals surface area contributed by atoms with E-state index in [1.165, 1.54) is 0 Å². The molecule has 2 heterocycles. The van der Waals surface area contributed by atoms with Gasteiger partial charge >= 0.3 is 5.97 Å². The molecule has 0 aromatic heterocycles. The zero-order valence-electron chi connectivity index (χ0n) is 10.4. The van der Waals surface area contributed by atoms with Crippen LogP contribution >= 0.6 is 0 Å². The Kier molecular flexibility index (Phi) is 2.98. The molecule has 5 nitrogen and oxygen atoms in total. The lowest BCUT2D eigenvalue weighted by atomic mass is 10.0. The smallest absolute Gasteiger partial charge is 0.324 e. The highest BCUT2D eigenvalue weighted by Gasteiger charge is 2.53. The molecule has 0 aromatic rings. The molecule has 1 N–H and O–H groups in total. The van der Waals surface area contributed by atoms with Gasteiger partial charge in [0.25, 0.3) is 0 Å². The number of nitrogens with one attached hydrogen (secondary N) is 1. The van der Waals surface area contributed by atoms with E-state index in [9.17, 15) is 13.2 Å². The summed E-state index contributed by atoms with van der Waals surface area (Å²) in [5.74, 6) is -0.524. The van der Waals surface area contributed by atoms with Crippen LogP contribution in [-0.4, -0.2) is 43.6 Å². The van der Waals surface area contributed by atoms with Crippen molar-refractivity contribution >= 4 is 15.8 Å². The molecule has 0 radical (unpaired) electrons. The van der Waals surface area contributed by atoms with Gasteiger partial charge in [0.15, 0.2) is 15.1 Å².